The van der Waals surface area contributed by atoms with Gasteiger partial charge in [0, 0.05) is 6.07 Å². The molecule has 0 atom stereocenters. The standard InChI is InChI=1S/C21H18N2O3/c1-16(24)17-8-7-13-23(14-17)15-21(25)22-19-11-5-6-12-20(19)26-18-9-3-2-4-10-18/h2-14H,15H2,1H3/p+1. The summed E-state index contributed by atoms with van der Waals surface area (Å²) in [5.74, 6) is 1.01. The number of Topliss-reactive ketones (excluding diaryl/α,β-unsaturated/α-hetero) is 1. The Balaban J connectivity index is 1.72. The van der Waals surface area contributed by atoms with E-state index in [-0.39, 0.29) is 18.2 Å². The van der Waals surface area contributed by atoms with E-state index < -0.39 is 0 Å². The van der Waals surface area contributed by atoms with Gasteiger partial charge in [0.25, 0.3) is 5.91 Å². The van der Waals surface area contributed by atoms with Crippen LogP contribution in [0.2, 0.25) is 0 Å². The van der Waals surface area contributed by atoms with Gasteiger partial charge in [-0.15, -0.1) is 0 Å². The monoisotopic (exact) mass is 347 g/mol. The number of hydrogen-bond donors (Lipinski definition) is 1. The van der Waals surface area contributed by atoms with Crippen molar-refractivity contribution in [3.8, 4) is 11.5 Å². The molecule has 0 saturated heterocycles. The number of aromatic nitrogens is 1. The van der Waals surface area contributed by atoms with Crippen molar-refractivity contribution < 1.29 is 18.9 Å². The van der Waals surface area contributed by atoms with Gasteiger partial charge < -0.3 is 10.1 Å². The Kier molecular flexibility index (Phi) is 5.39. The van der Waals surface area contributed by atoms with Crippen LogP contribution in [-0.2, 0) is 11.3 Å². The number of nitrogens with zero attached hydrogens (tertiary/aromatic N) is 1. The predicted octanol–water partition coefficient (Wildman–Crippen LogP) is 3.61. The zero-order valence-electron chi connectivity index (χ0n) is 14.4. The van der Waals surface area contributed by atoms with Crippen molar-refractivity contribution in [3.63, 3.8) is 0 Å². The highest BCUT2D eigenvalue weighted by atomic mass is 16.5. The maximum absolute atomic E-state index is 12.4. The summed E-state index contributed by atoms with van der Waals surface area (Å²) in [6, 6.07) is 20.1. The van der Waals surface area contributed by atoms with E-state index in [0.29, 0.717) is 22.7 Å². The quantitative estimate of drug-likeness (QED) is 0.547. The molecular weight excluding hydrogens is 328 g/mol. The van der Waals surface area contributed by atoms with E-state index in [1.807, 2.05) is 42.5 Å². The van der Waals surface area contributed by atoms with Crippen LogP contribution in [0.25, 0.3) is 0 Å². The molecule has 130 valence electrons. The highest BCUT2D eigenvalue weighted by Crippen LogP contribution is 2.28. The SMILES string of the molecule is CC(=O)c1ccc[n+](CC(=O)Nc2ccccc2Oc2ccccc2)c1. The summed E-state index contributed by atoms with van der Waals surface area (Å²) < 4.78 is 7.52. The zero-order valence-corrected chi connectivity index (χ0v) is 14.4. The Morgan fingerprint density at radius 1 is 0.962 bits per heavy atom. The van der Waals surface area contributed by atoms with Gasteiger partial charge in [0.1, 0.15) is 5.75 Å². The van der Waals surface area contributed by atoms with Crippen LogP contribution in [0, 0.1) is 0 Å². The molecule has 0 unspecified atom stereocenters. The van der Waals surface area contributed by atoms with Crippen molar-refractivity contribution in [1.82, 2.24) is 0 Å². The summed E-state index contributed by atoms with van der Waals surface area (Å²) in [6.07, 6.45) is 3.41. The van der Waals surface area contributed by atoms with Crippen LogP contribution in [0.15, 0.2) is 79.1 Å². The molecular formula is C21H19N2O3+. The number of benzene rings is 2. The average molecular weight is 347 g/mol. The molecule has 0 bridgehead atoms. The minimum atomic E-state index is -0.209. The fourth-order valence-corrected chi connectivity index (χ4v) is 2.46. The van der Waals surface area contributed by atoms with E-state index in [4.69, 9.17) is 4.74 Å². The smallest absolute Gasteiger partial charge is 0.290 e. The molecule has 0 aliphatic carbocycles. The van der Waals surface area contributed by atoms with Crippen LogP contribution in [0.3, 0.4) is 0 Å². The molecule has 0 saturated carbocycles. The second-order valence-electron chi connectivity index (χ2n) is 5.78. The second-order valence-corrected chi connectivity index (χ2v) is 5.78. The van der Waals surface area contributed by atoms with Crippen molar-refractivity contribution >= 4 is 17.4 Å². The number of amides is 1. The van der Waals surface area contributed by atoms with Crippen molar-refractivity contribution in [2.24, 2.45) is 0 Å². The van der Waals surface area contributed by atoms with Crippen LogP contribution < -0.4 is 14.6 Å². The summed E-state index contributed by atoms with van der Waals surface area (Å²) in [6.45, 7) is 1.59. The van der Waals surface area contributed by atoms with Gasteiger partial charge in [-0.3, -0.25) is 9.59 Å². The second kappa shape index (κ2) is 8.07. The van der Waals surface area contributed by atoms with Gasteiger partial charge in [-0.2, -0.15) is 4.57 Å². The van der Waals surface area contributed by atoms with Gasteiger partial charge in [-0.1, -0.05) is 30.3 Å². The van der Waals surface area contributed by atoms with Gasteiger partial charge in [0.2, 0.25) is 6.54 Å². The maximum atomic E-state index is 12.4. The van der Waals surface area contributed by atoms with Gasteiger partial charge >= 0.3 is 0 Å². The third-order valence-electron chi connectivity index (χ3n) is 3.72. The number of pyridine rings is 1. The first-order chi connectivity index (χ1) is 12.6. The first kappa shape index (κ1) is 17.4. The van der Waals surface area contributed by atoms with Crippen molar-refractivity contribution in [1.29, 1.82) is 0 Å². The molecule has 1 amide bonds. The predicted molar refractivity (Wildman–Crippen MR) is 98.2 cm³/mol. The Labute approximate surface area is 151 Å². The van der Waals surface area contributed by atoms with Gasteiger partial charge in [0.05, 0.1) is 11.3 Å². The normalized spacial score (nSPS) is 10.2. The highest BCUT2D eigenvalue weighted by molar-refractivity contribution is 5.93. The molecule has 1 aromatic heterocycles. The molecule has 1 heterocycles. The topological polar surface area (TPSA) is 59.3 Å². The Hall–Kier alpha value is -3.47. The Bertz CT molecular complexity index is 923. The maximum Gasteiger partial charge on any atom is 0.290 e. The fourth-order valence-electron chi connectivity index (χ4n) is 2.46. The van der Waals surface area contributed by atoms with E-state index in [1.54, 1.807) is 41.2 Å². The number of para-hydroxylation sites is 3. The molecule has 26 heavy (non-hydrogen) atoms. The van der Waals surface area contributed by atoms with Gasteiger partial charge in [0.15, 0.2) is 23.9 Å². The average Bonchev–Trinajstić information content (AvgIpc) is 2.64. The number of nitrogens with one attached hydrogen (secondary N) is 1. The molecule has 0 fully saturated rings. The summed E-state index contributed by atoms with van der Waals surface area (Å²) in [5, 5.41) is 2.86. The summed E-state index contributed by atoms with van der Waals surface area (Å²) in [4.78, 5) is 23.9. The van der Waals surface area contributed by atoms with E-state index >= 15 is 0 Å². The molecule has 0 radical (unpaired) electrons. The molecule has 2 aromatic carbocycles. The lowest BCUT2D eigenvalue weighted by Gasteiger charge is -2.11. The first-order valence-corrected chi connectivity index (χ1v) is 8.23. The van der Waals surface area contributed by atoms with Gasteiger partial charge in [-0.25, -0.2) is 0 Å². The van der Waals surface area contributed by atoms with Crippen LogP contribution >= 0.6 is 0 Å². The number of hydrogen-bond acceptors (Lipinski definition) is 3. The molecule has 0 spiro atoms. The molecule has 5 nitrogen and oxygen atoms in total. The lowest BCUT2D eigenvalue weighted by molar-refractivity contribution is -0.684. The molecule has 3 aromatic rings. The number of carbonyl (C=O) groups is 2. The lowest BCUT2D eigenvalue weighted by Crippen LogP contribution is -2.40. The first-order valence-electron chi connectivity index (χ1n) is 8.23. The lowest BCUT2D eigenvalue weighted by atomic mass is 10.2. The van der Waals surface area contributed by atoms with Crippen molar-refractivity contribution in [2.75, 3.05) is 5.32 Å². The number of ketones is 1. The van der Waals surface area contributed by atoms with Crippen molar-refractivity contribution in [3.05, 3.63) is 84.7 Å². The zero-order chi connectivity index (χ0) is 18.4. The minimum absolute atomic E-state index is 0.0404. The van der Waals surface area contributed by atoms with E-state index in [9.17, 15) is 9.59 Å². The Morgan fingerprint density at radius 2 is 1.69 bits per heavy atom. The number of carbonyl (C=O) groups excluding carboxylic acids is 2. The number of rotatable bonds is 6. The molecule has 0 aliphatic heterocycles. The van der Waals surface area contributed by atoms with Crippen LogP contribution in [0.1, 0.15) is 17.3 Å². The summed E-state index contributed by atoms with van der Waals surface area (Å²) in [5.41, 5.74) is 1.15. The fraction of sp³-hybridized carbons (Fsp3) is 0.0952. The molecule has 5 heteroatoms. The number of ether oxygens (including phenoxy) is 1. The van der Waals surface area contributed by atoms with Crippen LogP contribution in [-0.4, -0.2) is 11.7 Å². The number of anilines is 1. The molecule has 1 N–H and O–H groups in total. The van der Waals surface area contributed by atoms with Crippen molar-refractivity contribution in [2.45, 2.75) is 13.5 Å². The third-order valence-corrected chi connectivity index (χ3v) is 3.72. The third kappa shape index (κ3) is 4.54. The van der Waals surface area contributed by atoms with Crippen LogP contribution in [0.5, 0.6) is 11.5 Å². The highest BCUT2D eigenvalue weighted by Gasteiger charge is 2.14. The summed E-state index contributed by atoms with van der Waals surface area (Å²) >= 11 is 0. The largest absolute Gasteiger partial charge is 0.455 e. The minimum Gasteiger partial charge on any atom is -0.455 e. The van der Waals surface area contributed by atoms with E-state index in [2.05, 4.69) is 5.32 Å². The van der Waals surface area contributed by atoms with Gasteiger partial charge in [-0.05, 0) is 37.3 Å². The Morgan fingerprint density at radius 3 is 2.46 bits per heavy atom. The van der Waals surface area contributed by atoms with E-state index in [1.165, 1.54) is 6.92 Å². The van der Waals surface area contributed by atoms with Crippen LogP contribution in [0.4, 0.5) is 5.69 Å². The molecule has 0 aliphatic rings. The molecule has 3 rings (SSSR count). The van der Waals surface area contributed by atoms with E-state index in [0.717, 1.165) is 0 Å². The summed E-state index contributed by atoms with van der Waals surface area (Å²) in [7, 11) is 0.